The lowest BCUT2D eigenvalue weighted by molar-refractivity contribution is 0.183. The summed E-state index contributed by atoms with van der Waals surface area (Å²) in [6.45, 7) is 5.61. The zero-order chi connectivity index (χ0) is 15.2. The minimum Gasteiger partial charge on any atom is -0.497 e. The molecule has 1 unspecified atom stereocenters. The number of hydrogen-bond acceptors (Lipinski definition) is 3. The molecule has 21 heavy (non-hydrogen) atoms. The number of benzene rings is 2. The molecule has 112 valence electrons. The van der Waals surface area contributed by atoms with E-state index >= 15 is 0 Å². The number of hydrogen-bond donors (Lipinski definition) is 1. The van der Waals surface area contributed by atoms with Gasteiger partial charge in [-0.2, -0.15) is 0 Å². The van der Waals surface area contributed by atoms with Crippen molar-refractivity contribution in [3.05, 3.63) is 59.7 Å². The standard InChI is InChI=1S/C18H23NO2/c1-4-19(16-7-5-6-14(2)12-16)13-18(20)15-8-10-17(21-3)11-9-15/h5-12,18,20H,4,13H2,1-3H3. The van der Waals surface area contributed by atoms with Crippen molar-refractivity contribution < 1.29 is 9.84 Å². The van der Waals surface area contributed by atoms with E-state index in [9.17, 15) is 5.11 Å². The highest BCUT2D eigenvalue weighted by atomic mass is 16.5. The smallest absolute Gasteiger partial charge is 0.118 e. The number of anilines is 1. The molecular weight excluding hydrogens is 262 g/mol. The van der Waals surface area contributed by atoms with Gasteiger partial charge in [0.25, 0.3) is 0 Å². The van der Waals surface area contributed by atoms with Crippen molar-refractivity contribution in [2.75, 3.05) is 25.1 Å². The molecule has 0 heterocycles. The van der Waals surface area contributed by atoms with E-state index in [1.54, 1.807) is 7.11 Å². The molecule has 0 aromatic heterocycles. The van der Waals surface area contributed by atoms with Crippen LogP contribution < -0.4 is 9.64 Å². The Morgan fingerprint density at radius 2 is 1.86 bits per heavy atom. The van der Waals surface area contributed by atoms with Crippen LogP contribution in [0.3, 0.4) is 0 Å². The Morgan fingerprint density at radius 3 is 2.43 bits per heavy atom. The van der Waals surface area contributed by atoms with Gasteiger partial charge in [-0.1, -0.05) is 24.3 Å². The van der Waals surface area contributed by atoms with Crippen LogP contribution in [-0.2, 0) is 0 Å². The molecule has 0 aliphatic carbocycles. The van der Waals surface area contributed by atoms with E-state index in [0.717, 1.165) is 23.5 Å². The Hall–Kier alpha value is -2.00. The van der Waals surface area contributed by atoms with Gasteiger partial charge in [-0.05, 0) is 49.2 Å². The van der Waals surface area contributed by atoms with Gasteiger partial charge in [-0.3, -0.25) is 0 Å². The molecule has 2 aromatic carbocycles. The molecular formula is C18H23NO2. The molecule has 3 heteroatoms. The first-order valence-corrected chi connectivity index (χ1v) is 7.27. The third kappa shape index (κ3) is 3.99. The van der Waals surface area contributed by atoms with E-state index in [4.69, 9.17) is 4.74 Å². The van der Waals surface area contributed by atoms with Crippen LogP contribution >= 0.6 is 0 Å². The Labute approximate surface area is 126 Å². The molecule has 2 rings (SSSR count). The zero-order valence-electron chi connectivity index (χ0n) is 12.9. The summed E-state index contributed by atoms with van der Waals surface area (Å²) < 4.78 is 5.14. The van der Waals surface area contributed by atoms with Gasteiger partial charge in [0.05, 0.1) is 13.2 Å². The third-order valence-corrected chi connectivity index (χ3v) is 3.64. The van der Waals surface area contributed by atoms with Gasteiger partial charge >= 0.3 is 0 Å². The van der Waals surface area contributed by atoms with Gasteiger partial charge in [-0.15, -0.1) is 0 Å². The number of nitrogens with zero attached hydrogens (tertiary/aromatic N) is 1. The van der Waals surface area contributed by atoms with Crippen LogP contribution in [0.15, 0.2) is 48.5 Å². The quantitative estimate of drug-likeness (QED) is 0.881. The number of aryl methyl sites for hydroxylation is 1. The van der Waals surface area contributed by atoms with Gasteiger partial charge in [0.2, 0.25) is 0 Å². The summed E-state index contributed by atoms with van der Waals surface area (Å²) in [6, 6.07) is 15.9. The van der Waals surface area contributed by atoms with Crippen molar-refractivity contribution in [1.29, 1.82) is 0 Å². The van der Waals surface area contributed by atoms with Crippen molar-refractivity contribution in [2.45, 2.75) is 20.0 Å². The molecule has 0 saturated carbocycles. The Bertz CT molecular complexity index is 566. The van der Waals surface area contributed by atoms with Crippen LogP contribution in [0.5, 0.6) is 5.75 Å². The van der Waals surface area contributed by atoms with E-state index in [-0.39, 0.29) is 0 Å². The Morgan fingerprint density at radius 1 is 1.14 bits per heavy atom. The van der Waals surface area contributed by atoms with Crippen molar-refractivity contribution in [1.82, 2.24) is 0 Å². The van der Waals surface area contributed by atoms with Crippen molar-refractivity contribution in [2.24, 2.45) is 0 Å². The molecule has 2 aromatic rings. The maximum Gasteiger partial charge on any atom is 0.118 e. The Balaban J connectivity index is 2.10. The summed E-state index contributed by atoms with van der Waals surface area (Å²) in [5.74, 6) is 0.803. The Kier molecular flexibility index (Phi) is 5.23. The molecule has 0 spiro atoms. The highest BCUT2D eigenvalue weighted by molar-refractivity contribution is 5.48. The average Bonchev–Trinajstić information content (AvgIpc) is 2.52. The monoisotopic (exact) mass is 285 g/mol. The summed E-state index contributed by atoms with van der Waals surface area (Å²) in [7, 11) is 1.64. The molecule has 0 aliphatic rings. The normalized spacial score (nSPS) is 12.0. The van der Waals surface area contributed by atoms with E-state index in [1.165, 1.54) is 5.56 Å². The maximum atomic E-state index is 10.4. The van der Waals surface area contributed by atoms with Gasteiger partial charge in [0, 0.05) is 18.8 Å². The number of rotatable bonds is 6. The van der Waals surface area contributed by atoms with E-state index in [0.29, 0.717) is 6.54 Å². The molecule has 0 fully saturated rings. The molecule has 0 amide bonds. The number of ether oxygens (including phenoxy) is 1. The largest absolute Gasteiger partial charge is 0.497 e. The van der Waals surface area contributed by atoms with Gasteiger partial charge < -0.3 is 14.7 Å². The molecule has 0 radical (unpaired) electrons. The summed E-state index contributed by atoms with van der Waals surface area (Å²) in [6.07, 6.45) is -0.517. The summed E-state index contributed by atoms with van der Waals surface area (Å²) in [5, 5.41) is 10.4. The minimum absolute atomic E-state index is 0.517. The lowest BCUT2D eigenvalue weighted by atomic mass is 10.1. The van der Waals surface area contributed by atoms with Crippen LogP contribution in [0.25, 0.3) is 0 Å². The highest BCUT2D eigenvalue weighted by Gasteiger charge is 2.13. The summed E-state index contributed by atoms with van der Waals surface area (Å²) in [5.41, 5.74) is 3.27. The lowest BCUT2D eigenvalue weighted by Gasteiger charge is -2.26. The van der Waals surface area contributed by atoms with Gasteiger partial charge in [-0.25, -0.2) is 0 Å². The van der Waals surface area contributed by atoms with Crippen molar-refractivity contribution >= 4 is 5.69 Å². The molecule has 0 bridgehead atoms. The summed E-state index contributed by atoms with van der Waals surface area (Å²) >= 11 is 0. The molecule has 0 aliphatic heterocycles. The minimum atomic E-state index is -0.517. The molecule has 1 atom stereocenters. The fourth-order valence-electron chi connectivity index (χ4n) is 2.38. The first-order valence-electron chi connectivity index (χ1n) is 7.27. The van der Waals surface area contributed by atoms with Gasteiger partial charge in [0.1, 0.15) is 5.75 Å². The van der Waals surface area contributed by atoms with Gasteiger partial charge in [0.15, 0.2) is 0 Å². The fourth-order valence-corrected chi connectivity index (χ4v) is 2.38. The SMILES string of the molecule is CCN(CC(O)c1ccc(OC)cc1)c1cccc(C)c1. The van der Waals surface area contributed by atoms with Crippen LogP contribution in [0.2, 0.25) is 0 Å². The maximum absolute atomic E-state index is 10.4. The summed E-state index contributed by atoms with van der Waals surface area (Å²) in [4.78, 5) is 2.18. The highest BCUT2D eigenvalue weighted by Crippen LogP contribution is 2.22. The van der Waals surface area contributed by atoms with Crippen LogP contribution in [0.1, 0.15) is 24.2 Å². The second kappa shape index (κ2) is 7.14. The van der Waals surface area contributed by atoms with Crippen molar-refractivity contribution in [3.63, 3.8) is 0 Å². The number of methoxy groups -OCH3 is 1. The number of aliphatic hydroxyl groups excluding tert-OH is 1. The number of aliphatic hydroxyl groups is 1. The van der Waals surface area contributed by atoms with E-state index in [1.807, 2.05) is 30.3 Å². The van der Waals surface area contributed by atoms with E-state index < -0.39 is 6.10 Å². The average molecular weight is 285 g/mol. The second-order valence-corrected chi connectivity index (χ2v) is 5.17. The fraction of sp³-hybridized carbons (Fsp3) is 0.333. The zero-order valence-corrected chi connectivity index (χ0v) is 12.9. The van der Waals surface area contributed by atoms with Crippen molar-refractivity contribution in [3.8, 4) is 5.75 Å². The third-order valence-electron chi connectivity index (χ3n) is 3.64. The lowest BCUT2D eigenvalue weighted by Crippen LogP contribution is -2.28. The van der Waals surface area contributed by atoms with Crippen LogP contribution in [0.4, 0.5) is 5.69 Å². The molecule has 3 nitrogen and oxygen atoms in total. The predicted octanol–water partition coefficient (Wildman–Crippen LogP) is 3.56. The van der Waals surface area contributed by atoms with E-state index in [2.05, 4.69) is 36.9 Å². The topological polar surface area (TPSA) is 32.7 Å². The second-order valence-electron chi connectivity index (χ2n) is 5.17. The first-order chi connectivity index (χ1) is 10.1. The number of likely N-dealkylation sites (N-methyl/N-ethyl adjacent to an activating group) is 1. The predicted molar refractivity (Wildman–Crippen MR) is 87.0 cm³/mol. The first kappa shape index (κ1) is 15.4. The molecule has 0 saturated heterocycles. The van der Waals surface area contributed by atoms with Crippen LogP contribution in [-0.4, -0.2) is 25.3 Å². The molecule has 1 N–H and O–H groups in total. The van der Waals surface area contributed by atoms with Crippen LogP contribution in [0, 0.1) is 6.92 Å².